The van der Waals surface area contributed by atoms with Crippen molar-refractivity contribution in [2.24, 2.45) is 7.05 Å². The number of aryl methyl sites for hydroxylation is 3. The number of rotatable bonds is 5. The Morgan fingerprint density at radius 2 is 2.25 bits per heavy atom. The van der Waals surface area contributed by atoms with Gasteiger partial charge >= 0.3 is 0 Å². The summed E-state index contributed by atoms with van der Waals surface area (Å²) < 4.78 is 5.00. The molecule has 108 valence electrons. The van der Waals surface area contributed by atoms with Gasteiger partial charge in [0.25, 0.3) is 0 Å². The van der Waals surface area contributed by atoms with Gasteiger partial charge in [0, 0.05) is 13.6 Å². The molecular weight excluding hydrogens is 268 g/mol. The number of hydrogen-bond donors (Lipinski definition) is 1. The van der Waals surface area contributed by atoms with Crippen molar-refractivity contribution in [3.8, 4) is 0 Å². The number of hydrogen-bond acceptors (Lipinski definition) is 2. The minimum absolute atomic E-state index is 0.823. The fourth-order valence-corrected chi connectivity index (χ4v) is 3.40. The molecule has 0 atom stereocenters. The minimum atomic E-state index is 0.823. The zero-order valence-corrected chi connectivity index (χ0v) is 13.1. The monoisotopic (exact) mass is 290 g/mol. The molecule has 1 aliphatic carbocycles. The largest absolute Gasteiger partial charge is 0.328 e. The zero-order chi connectivity index (χ0) is 14.1. The van der Waals surface area contributed by atoms with Crippen molar-refractivity contribution in [1.29, 1.82) is 0 Å². The van der Waals surface area contributed by atoms with E-state index in [0.29, 0.717) is 0 Å². The van der Waals surface area contributed by atoms with Gasteiger partial charge in [-0.15, -0.1) is 0 Å². The van der Waals surface area contributed by atoms with Crippen molar-refractivity contribution in [2.75, 3.05) is 0 Å². The molecule has 2 aromatic heterocycles. The molecule has 0 saturated heterocycles. The molecular formula is C15H22N4S. The zero-order valence-electron chi connectivity index (χ0n) is 12.3. The van der Waals surface area contributed by atoms with Gasteiger partial charge in [-0.05, 0) is 44.3 Å². The van der Waals surface area contributed by atoms with E-state index in [1.807, 2.05) is 11.7 Å². The molecule has 0 aromatic carbocycles. The predicted molar refractivity (Wildman–Crippen MR) is 84.4 cm³/mol. The van der Waals surface area contributed by atoms with Crippen molar-refractivity contribution in [1.82, 2.24) is 19.3 Å². The van der Waals surface area contributed by atoms with E-state index in [9.17, 15) is 0 Å². The highest BCUT2D eigenvalue weighted by atomic mass is 32.1. The Labute approximate surface area is 124 Å². The first-order valence-electron chi connectivity index (χ1n) is 7.53. The number of fused-ring (bicyclic) bond motifs is 1. The van der Waals surface area contributed by atoms with Crippen molar-refractivity contribution in [3.05, 3.63) is 22.1 Å². The molecule has 0 fully saturated rings. The van der Waals surface area contributed by atoms with Crippen molar-refractivity contribution >= 4 is 23.4 Å². The average molecular weight is 290 g/mol. The fraction of sp³-hybridized carbons (Fsp3) is 0.600. The van der Waals surface area contributed by atoms with Crippen LogP contribution in [0.5, 0.6) is 0 Å². The van der Waals surface area contributed by atoms with Crippen LogP contribution in [0.1, 0.15) is 44.7 Å². The Balaban J connectivity index is 1.93. The third kappa shape index (κ3) is 2.35. The second-order valence-electron chi connectivity index (χ2n) is 5.61. The highest BCUT2D eigenvalue weighted by Crippen LogP contribution is 2.24. The van der Waals surface area contributed by atoms with E-state index in [1.165, 1.54) is 19.3 Å². The summed E-state index contributed by atoms with van der Waals surface area (Å²) in [5, 5.41) is 4.62. The second-order valence-corrected chi connectivity index (χ2v) is 5.99. The lowest BCUT2D eigenvalue weighted by Gasteiger charge is -2.05. The number of aromatic nitrogens is 4. The van der Waals surface area contributed by atoms with Gasteiger partial charge in [-0.1, -0.05) is 25.0 Å². The molecule has 0 aliphatic heterocycles. The Morgan fingerprint density at radius 1 is 1.40 bits per heavy atom. The normalized spacial score (nSPS) is 15.2. The van der Waals surface area contributed by atoms with Crippen LogP contribution in [-0.2, 0) is 20.0 Å². The van der Waals surface area contributed by atoms with Gasteiger partial charge in [0.15, 0.2) is 10.4 Å². The molecule has 0 spiro atoms. The van der Waals surface area contributed by atoms with Crippen molar-refractivity contribution in [2.45, 2.75) is 52.0 Å². The summed E-state index contributed by atoms with van der Waals surface area (Å²) in [5.74, 6) is 0. The van der Waals surface area contributed by atoms with Gasteiger partial charge in [0.1, 0.15) is 5.52 Å². The van der Waals surface area contributed by atoms with Crippen LogP contribution in [0.2, 0.25) is 0 Å². The van der Waals surface area contributed by atoms with Crippen LogP contribution < -0.4 is 0 Å². The molecule has 0 amide bonds. The van der Waals surface area contributed by atoms with Gasteiger partial charge in [-0.2, -0.15) is 5.10 Å². The number of allylic oxidation sites excluding steroid dienone is 2. The fourth-order valence-electron chi connectivity index (χ4n) is 3.12. The van der Waals surface area contributed by atoms with Gasteiger partial charge in [-0.3, -0.25) is 4.68 Å². The van der Waals surface area contributed by atoms with E-state index in [1.54, 1.807) is 5.57 Å². The number of H-pyrrole nitrogens is 1. The molecule has 1 N–H and O–H groups in total. The Hall–Kier alpha value is -1.36. The number of aromatic amines is 1. The van der Waals surface area contributed by atoms with E-state index >= 15 is 0 Å². The molecule has 0 bridgehead atoms. The van der Waals surface area contributed by atoms with Crippen LogP contribution in [0.25, 0.3) is 11.2 Å². The maximum Gasteiger partial charge on any atom is 0.179 e. The molecule has 20 heavy (non-hydrogen) atoms. The van der Waals surface area contributed by atoms with Gasteiger partial charge < -0.3 is 9.55 Å². The third-order valence-corrected chi connectivity index (χ3v) is 4.42. The first-order valence-corrected chi connectivity index (χ1v) is 7.93. The van der Waals surface area contributed by atoms with Crippen molar-refractivity contribution < 1.29 is 0 Å². The first-order chi connectivity index (χ1) is 9.70. The number of nitrogens with zero attached hydrogens (tertiary/aromatic N) is 3. The highest BCUT2D eigenvalue weighted by molar-refractivity contribution is 7.71. The maximum absolute atomic E-state index is 5.50. The van der Waals surface area contributed by atoms with Gasteiger partial charge in [0.2, 0.25) is 0 Å². The molecule has 2 aromatic rings. The number of imidazole rings is 1. The van der Waals surface area contributed by atoms with Crippen LogP contribution in [0.15, 0.2) is 11.6 Å². The van der Waals surface area contributed by atoms with Crippen LogP contribution in [0, 0.1) is 4.77 Å². The van der Waals surface area contributed by atoms with Gasteiger partial charge in [0.05, 0.1) is 5.69 Å². The summed E-state index contributed by atoms with van der Waals surface area (Å²) in [6.07, 6.45) is 9.41. The molecule has 3 rings (SSSR count). The molecule has 2 heterocycles. The highest BCUT2D eigenvalue weighted by Gasteiger charge is 2.15. The van der Waals surface area contributed by atoms with E-state index < -0.39 is 0 Å². The van der Waals surface area contributed by atoms with E-state index in [-0.39, 0.29) is 0 Å². The molecule has 0 saturated carbocycles. The lowest BCUT2D eigenvalue weighted by atomic mass is 10.2. The second kappa shape index (κ2) is 5.56. The quantitative estimate of drug-likeness (QED) is 0.670. The molecule has 0 radical (unpaired) electrons. The summed E-state index contributed by atoms with van der Waals surface area (Å²) in [6.45, 7) is 3.13. The number of nitrogens with one attached hydrogen (secondary N) is 1. The van der Waals surface area contributed by atoms with Crippen LogP contribution in [0.4, 0.5) is 0 Å². The summed E-state index contributed by atoms with van der Waals surface area (Å²) in [6, 6.07) is 0. The topological polar surface area (TPSA) is 38.5 Å². The van der Waals surface area contributed by atoms with Gasteiger partial charge in [-0.25, -0.2) is 0 Å². The summed E-state index contributed by atoms with van der Waals surface area (Å²) in [5.41, 5.74) is 4.98. The molecule has 1 aliphatic rings. The molecule has 4 nitrogen and oxygen atoms in total. The molecule has 5 heteroatoms. The summed E-state index contributed by atoms with van der Waals surface area (Å²) in [4.78, 5) is 3.35. The standard InChI is InChI=1S/C15H22N4S/c1-3-6-12-13-14(18(2)17-12)19(15(20)16-13)10-9-11-7-4-5-8-11/h7H,3-6,8-10H2,1-2H3,(H,16,20). The van der Waals surface area contributed by atoms with E-state index in [0.717, 1.165) is 47.4 Å². The lowest BCUT2D eigenvalue weighted by molar-refractivity contribution is 0.651. The predicted octanol–water partition coefficient (Wildman–Crippen LogP) is 3.89. The average Bonchev–Trinajstić information content (AvgIpc) is 3.08. The SMILES string of the molecule is CCCc1nn(C)c2c1[nH]c(=S)n2CCC1=CCCC1. The Morgan fingerprint density at radius 3 is 2.95 bits per heavy atom. The third-order valence-electron chi connectivity index (χ3n) is 4.10. The van der Waals surface area contributed by atoms with Crippen molar-refractivity contribution in [3.63, 3.8) is 0 Å². The minimum Gasteiger partial charge on any atom is -0.328 e. The van der Waals surface area contributed by atoms with Crippen LogP contribution in [-0.4, -0.2) is 19.3 Å². The lowest BCUT2D eigenvalue weighted by Crippen LogP contribution is -2.04. The Kier molecular flexibility index (Phi) is 3.78. The smallest absolute Gasteiger partial charge is 0.179 e. The Bertz CT molecular complexity index is 701. The van der Waals surface area contributed by atoms with E-state index in [2.05, 4.69) is 27.6 Å². The van der Waals surface area contributed by atoms with E-state index in [4.69, 9.17) is 12.2 Å². The molecule has 0 unspecified atom stereocenters. The summed E-state index contributed by atoms with van der Waals surface area (Å²) >= 11 is 5.50. The van der Waals surface area contributed by atoms with Crippen LogP contribution in [0.3, 0.4) is 0 Å². The maximum atomic E-state index is 5.50. The van der Waals surface area contributed by atoms with Crippen LogP contribution >= 0.6 is 12.2 Å². The summed E-state index contributed by atoms with van der Waals surface area (Å²) in [7, 11) is 2.01. The first kappa shape index (κ1) is 13.6.